The normalized spacial score (nSPS) is 13.8. The lowest BCUT2D eigenvalue weighted by atomic mass is 10.0. The Morgan fingerprint density at radius 1 is 1.10 bits per heavy atom. The zero-order valence-electron chi connectivity index (χ0n) is 13.7. The molecule has 0 amide bonds. The third-order valence-electron chi connectivity index (χ3n) is 3.49. The fraction of sp³-hybridized carbons (Fsp3) is 0.750. The summed E-state index contributed by atoms with van der Waals surface area (Å²) in [6, 6.07) is 2.45. The molecule has 0 radical (unpaired) electrons. The number of aromatic nitrogens is 2. The van der Waals surface area contributed by atoms with E-state index in [9.17, 15) is 0 Å². The van der Waals surface area contributed by atoms with Crippen LogP contribution in [0.4, 0.5) is 11.6 Å². The highest BCUT2D eigenvalue weighted by atomic mass is 15.1. The van der Waals surface area contributed by atoms with E-state index in [-0.39, 0.29) is 0 Å². The summed E-state index contributed by atoms with van der Waals surface area (Å²) in [5.41, 5.74) is 0. The number of hydrogen-bond acceptors (Lipinski definition) is 4. The van der Waals surface area contributed by atoms with Gasteiger partial charge in [0, 0.05) is 25.1 Å². The third-order valence-corrected chi connectivity index (χ3v) is 3.49. The van der Waals surface area contributed by atoms with Gasteiger partial charge in [-0.2, -0.15) is 0 Å². The van der Waals surface area contributed by atoms with Gasteiger partial charge in [-0.15, -0.1) is 0 Å². The Morgan fingerprint density at radius 2 is 1.80 bits per heavy atom. The van der Waals surface area contributed by atoms with E-state index in [0.29, 0.717) is 6.04 Å². The van der Waals surface area contributed by atoms with E-state index in [4.69, 9.17) is 0 Å². The SMILES string of the molecule is CCCNc1cc(NC(C)CC(C)CC)nc(CC)n1. The summed E-state index contributed by atoms with van der Waals surface area (Å²) in [7, 11) is 0. The van der Waals surface area contributed by atoms with Gasteiger partial charge >= 0.3 is 0 Å². The summed E-state index contributed by atoms with van der Waals surface area (Å²) >= 11 is 0. The molecule has 4 nitrogen and oxygen atoms in total. The van der Waals surface area contributed by atoms with Gasteiger partial charge in [0.25, 0.3) is 0 Å². The average molecular weight is 278 g/mol. The van der Waals surface area contributed by atoms with Crippen molar-refractivity contribution in [1.82, 2.24) is 9.97 Å². The molecule has 0 spiro atoms. The Kier molecular flexibility index (Phi) is 7.34. The quantitative estimate of drug-likeness (QED) is 0.714. The molecule has 2 N–H and O–H groups in total. The molecule has 0 aliphatic heterocycles. The second kappa shape index (κ2) is 8.77. The van der Waals surface area contributed by atoms with Crippen molar-refractivity contribution in [2.24, 2.45) is 5.92 Å². The molecule has 1 heterocycles. The van der Waals surface area contributed by atoms with E-state index < -0.39 is 0 Å². The summed E-state index contributed by atoms with van der Waals surface area (Å²) in [5.74, 6) is 3.50. The number of nitrogens with zero attached hydrogens (tertiary/aromatic N) is 2. The molecule has 20 heavy (non-hydrogen) atoms. The van der Waals surface area contributed by atoms with Crippen molar-refractivity contribution < 1.29 is 0 Å². The van der Waals surface area contributed by atoms with Crippen molar-refractivity contribution in [1.29, 1.82) is 0 Å². The number of aryl methyl sites for hydroxylation is 1. The molecule has 2 atom stereocenters. The van der Waals surface area contributed by atoms with Crippen molar-refractivity contribution in [3.8, 4) is 0 Å². The van der Waals surface area contributed by atoms with Crippen molar-refractivity contribution in [2.45, 2.75) is 66.3 Å². The second-order valence-corrected chi connectivity index (χ2v) is 5.63. The number of hydrogen-bond donors (Lipinski definition) is 2. The van der Waals surface area contributed by atoms with Gasteiger partial charge in [0.05, 0.1) is 0 Å². The molecule has 0 bridgehead atoms. The van der Waals surface area contributed by atoms with Crippen LogP contribution < -0.4 is 10.6 Å². The smallest absolute Gasteiger partial charge is 0.132 e. The minimum atomic E-state index is 0.434. The van der Waals surface area contributed by atoms with E-state index in [2.05, 4.69) is 55.2 Å². The molecule has 4 heteroatoms. The molecule has 0 aromatic carbocycles. The Balaban J connectivity index is 2.72. The molecule has 0 saturated heterocycles. The molecule has 2 unspecified atom stereocenters. The molecule has 0 aliphatic rings. The second-order valence-electron chi connectivity index (χ2n) is 5.63. The molecule has 0 aliphatic carbocycles. The van der Waals surface area contributed by atoms with Crippen LogP contribution in [0, 0.1) is 5.92 Å². The molecule has 0 fully saturated rings. The predicted octanol–water partition coefficient (Wildman–Crippen LogP) is 4.10. The molecular formula is C16H30N4. The summed E-state index contributed by atoms with van der Waals surface area (Å²) in [6.45, 7) is 11.9. The first-order chi connectivity index (χ1) is 9.58. The maximum atomic E-state index is 4.57. The molecule has 1 aromatic rings. The lowest BCUT2D eigenvalue weighted by Gasteiger charge is -2.19. The molecule has 114 valence electrons. The summed E-state index contributed by atoms with van der Waals surface area (Å²) in [4.78, 5) is 9.08. The van der Waals surface area contributed by atoms with E-state index in [1.54, 1.807) is 0 Å². The number of rotatable bonds is 9. The van der Waals surface area contributed by atoms with E-state index in [1.165, 1.54) is 12.8 Å². The first-order valence-corrected chi connectivity index (χ1v) is 7.97. The zero-order chi connectivity index (χ0) is 15.0. The van der Waals surface area contributed by atoms with Gasteiger partial charge in [-0.1, -0.05) is 34.1 Å². The van der Waals surface area contributed by atoms with Gasteiger partial charge in [-0.3, -0.25) is 0 Å². The topological polar surface area (TPSA) is 49.8 Å². The largest absolute Gasteiger partial charge is 0.370 e. The minimum Gasteiger partial charge on any atom is -0.370 e. The van der Waals surface area contributed by atoms with Crippen molar-refractivity contribution >= 4 is 11.6 Å². The number of anilines is 2. The third kappa shape index (κ3) is 5.76. The highest BCUT2D eigenvalue weighted by Gasteiger charge is 2.09. The molecule has 1 rings (SSSR count). The highest BCUT2D eigenvalue weighted by Crippen LogP contribution is 2.16. The van der Waals surface area contributed by atoms with Crippen molar-refractivity contribution in [3.05, 3.63) is 11.9 Å². The Labute approximate surface area is 123 Å². The van der Waals surface area contributed by atoms with Crippen LogP contribution in [0.5, 0.6) is 0 Å². The van der Waals surface area contributed by atoms with Gasteiger partial charge in [0.1, 0.15) is 17.5 Å². The summed E-state index contributed by atoms with van der Waals surface area (Å²) < 4.78 is 0. The predicted molar refractivity (Wildman–Crippen MR) is 87.3 cm³/mol. The highest BCUT2D eigenvalue weighted by molar-refractivity contribution is 5.48. The zero-order valence-corrected chi connectivity index (χ0v) is 13.7. The van der Waals surface area contributed by atoms with Crippen LogP contribution in [0.2, 0.25) is 0 Å². The maximum Gasteiger partial charge on any atom is 0.132 e. The molecular weight excluding hydrogens is 248 g/mol. The summed E-state index contributed by atoms with van der Waals surface area (Å²) in [6.07, 6.45) is 4.34. The van der Waals surface area contributed by atoms with Crippen LogP contribution in [0.15, 0.2) is 6.07 Å². The monoisotopic (exact) mass is 278 g/mol. The lowest BCUT2D eigenvalue weighted by molar-refractivity contribution is 0.483. The van der Waals surface area contributed by atoms with Crippen LogP contribution in [0.1, 0.15) is 59.7 Å². The first-order valence-electron chi connectivity index (χ1n) is 7.97. The van der Waals surface area contributed by atoms with Crippen LogP contribution in [0.25, 0.3) is 0 Å². The Morgan fingerprint density at radius 3 is 2.40 bits per heavy atom. The fourth-order valence-corrected chi connectivity index (χ4v) is 2.15. The van der Waals surface area contributed by atoms with Crippen LogP contribution in [-0.4, -0.2) is 22.6 Å². The van der Waals surface area contributed by atoms with Crippen LogP contribution in [-0.2, 0) is 6.42 Å². The fourth-order valence-electron chi connectivity index (χ4n) is 2.15. The van der Waals surface area contributed by atoms with Gasteiger partial charge < -0.3 is 10.6 Å². The average Bonchev–Trinajstić information content (AvgIpc) is 2.44. The van der Waals surface area contributed by atoms with Crippen molar-refractivity contribution in [2.75, 3.05) is 17.2 Å². The molecule has 1 aromatic heterocycles. The lowest BCUT2D eigenvalue weighted by Crippen LogP contribution is -2.20. The standard InChI is InChI=1S/C16H30N4/c1-6-9-17-15-11-16(20-14(8-3)19-15)18-13(5)10-12(4)7-2/h11-13H,6-10H2,1-5H3,(H2,17,18,19,20). The Bertz CT molecular complexity index is 392. The van der Waals surface area contributed by atoms with Gasteiger partial charge in [-0.05, 0) is 25.7 Å². The van der Waals surface area contributed by atoms with Gasteiger partial charge in [0.15, 0.2) is 0 Å². The van der Waals surface area contributed by atoms with E-state index in [1.807, 2.05) is 6.07 Å². The number of nitrogens with one attached hydrogen (secondary N) is 2. The Hall–Kier alpha value is -1.32. The minimum absolute atomic E-state index is 0.434. The van der Waals surface area contributed by atoms with Gasteiger partial charge in [0.2, 0.25) is 0 Å². The summed E-state index contributed by atoms with van der Waals surface area (Å²) in [5, 5.41) is 6.85. The van der Waals surface area contributed by atoms with Crippen molar-refractivity contribution in [3.63, 3.8) is 0 Å². The van der Waals surface area contributed by atoms with Gasteiger partial charge in [-0.25, -0.2) is 9.97 Å². The van der Waals surface area contributed by atoms with Crippen LogP contribution >= 0.6 is 0 Å². The van der Waals surface area contributed by atoms with Crippen LogP contribution in [0.3, 0.4) is 0 Å². The van der Waals surface area contributed by atoms with E-state index >= 15 is 0 Å². The van der Waals surface area contributed by atoms with E-state index in [0.717, 1.165) is 42.8 Å². The first kappa shape index (κ1) is 16.7. The molecule has 0 saturated carbocycles. The maximum absolute atomic E-state index is 4.57.